The molecule has 1 aliphatic rings. The molecule has 3 rings (SSSR count). The third-order valence-corrected chi connectivity index (χ3v) is 4.79. The van der Waals surface area contributed by atoms with Crippen LogP contribution < -0.4 is 5.32 Å². The van der Waals surface area contributed by atoms with Gasteiger partial charge >= 0.3 is 0 Å². The van der Waals surface area contributed by atoms with Crippen LogP contribution in [-0.2, 0) is 4.79 Å². The number of pyridine rings is 1. The smallest absolute Gasteiger partial charge is 0.252 e. The molecule has 27 heavy (non-hydrogen) atoms. The van der Waals surface area contributed by atoms with Crippen LogP contribution in [0.2, 0.25) is 0 Å². The van der Waals surface area contributed by atoms with Gasteiger partial charge in [0.2, 0.25) is 5.91 Å². The van der Waals surface area contributed by atoms with E-state index in [1.807, 2.05) is 54.2 Å². The van der Waals surface area contributed by atoms with Crippen LogP contribution in [0.4, 0.5) is 0 Å². The van der Waals surface area contributed by atoms with Crippen molar-refractivity contribution in [1.29, 1.82) is 0 Å². The highest BCUT2D eigenvalue weighted by Crippen LogP contribution is 2.29. The summed E-state index contributed by atoms with van der Waals surface area (Å²) in [5.74, 6) is 0.0109. The van der Waals surface area contributed by atoms with Gasteiger partial charge < -0.3 is 20.2 Å². The third-order valence-electron chi connectivity index (χ3n) is 4.79. The van der Waals surface area contributed by atoms with E-state index in [-0.39, 0.29) is 30.9 Å². The molecule has 2 aromatic rings. The quantitative estimate of drug-likeness (QED) is 0.787. The minimum Gasteiger partial charge on any atom is -0.395 e. The van der Waals surface area contributed by atoms with Crippen molar-refractivity contribution in [1.82, 2.24) is 20.1 Å². The Morgan fingerprint density at radius 3 is 2.85 bits per heavy atom. The Labute approximate surface area is 159 Å². The van der Waals surface area contributed by atoms with E-state index in [0.29, 0.717) is 25.2 Å². The summed E-state index contributed by atoms with van der Waals surface area (Å²) in [6.45, 7) is 1.83. The highest BCUT2D eigenvalue weighted by atomic mass is 16.3. The van der Waals surface area contributed by atoms with Crippen molar-refractivity contribution in [2.75, 3.05) is 46.9 Å². The summed E-state index contributed by atoms with van der Waals surface area (Å²) in [6, 6.07) is 9.38. The van der Waals surface area contributed by atoms with E-state index < -0.39 is 0 Å². The minimum absolute atomic E-state index is 0.104. The van der Waals surface area contributed by atoms with Crippen molar-refractivity contribution in [3.63, 3.8) is 0 Å². The number of likely N-dealkylation sites (tertiary alicyclic amines) is 1. The number of fused-ring (bicyclic) bond motifs is 1. The standard InChI is InChI=1S/C20H26N4O3/c1-23(2)13-19(26)24-9-7-14(12-24)18-11-16(20(27)21-8-10-25)15-5-3-4-6-17(15)22-18/h3-6,11,14,25H,7-10,12-13H2,1-2H3,(H,21,27)/t14-/m1/s1. The molecule has 0 saturated carbocycles. The summed E-state index contributed by atoms with van der Waals surface area (Å²) in [5.41, 5.74) is 2.16. The van der Waals surface area contributed by atoms with Crippen molar-refractivity contribution < 1.29 is 14.7 Å². The van der Waals surface area contributed by atoms with Gasteiger partial charge in [0.1, 0.15) is 0 Å². The molecular formula is C20H26N4O3. The molecule has 0 unspecified atom stereocenters. The second-order valence-electron chi connectivity index (χ2n) is 7.15. The molecule has 7 heteroatoms. The van der Waals surface area contributed by atoms with Crippen LogP contribution in [0.15, 0.2) is 30.3 Å². The lowest BCUT2D eigenvalue weighted by Gasteiger charge is -2.19. The van der Waals surface area contributed by atoms with Gasteiger partial charge in [-0.15, -0.1) is 0 Å². The predicted octanol–water partition coefficient (Wildman–Crippen LogP) is 0.834. The topological polar surface area (TPSA) is 85.8 Å². The van der Waals surface area contributed by atoms with Crippen LogP contribution in [0.5, 0.6) is 0 Å². The molecule has 2 amide bonds. The maximum Gasteiger partial charge on any atom is 0.252 e. The first-order valence-electron chi connectivity index (χ1n) is 9.21. The zero-order valence-electron chi connectivity index (χ0n) is 15.8. The number of nitrogens with one attached hydrogen (secondary N) is 1. The number of para-hydroxylation sites is 1. The van der Waals surface area contributed by atoms with Crippen molar-refractivity contribution in [2.45, 2.75) is 12.3 Å². The Morgan fingerprint density at radius 1 is 1.33 bits per heavy atom. The van der Waals surface area contributed by atoms with Gasteiger partial charge in [-0.2, -0.15) is 0 Å². The van der Waals surface area contributed by atoms with E-state index >= 15 is 0 Å². The van der Waals surface area contributed by atoms with Crippen LogP contribution in [0.3, 0.4) is 0 Å². The van der Waals surface area contributed by atoms with Crippen LogP contribution >= 0.6 is 0 Å². The zero-order chi connectivity index (χ0) is 19.4. The molecule has 1 atom stereocenters. The predicted molar refractivity (Wildman–Crippen MR) is 104 cm³/mol. The third kappa shape index (κ3) is 4.43. The lowest BCUT2D eigenvalue weighted by atomic mass is 9.99. The van der Waals surface area contributed by atoms with Gasteiger partial charge in [0.05, 0.1) is 24.2 Å². The highest BCUT2D eigenvalue weighted by molar-refractivity contribution is 6.06. The van der Waals surface area contributed by atoms with Crippen LogP contribution in [0, 0.1) is 0 Å². The van der Waals surface area contributed by atoms with Gasteiger partial charge in [0.15, 0.2) is 0 Å². The summed E-state index contributed by atoms with van der Waals surface area (Å²) >= 11 is 0. The molecule has 1 aromatic carbocycles. The van der Waals surface area contributed by atoms with Crippen molar-refractivity contribution >= 4 is 22.7 Å². The normalized spacial score (nSPS) is 16.9. The largest absolute Gasteiger partial charge is 0.395 e. The van der Waals surface area contributed by atoms with Crippen LogP contribution in [0.1, 0.15) is 28.4 Å². The number of likely N-dealkylation sites (N-methyl/N-ethyl adjacent to an activating group) is 1. The molecular weight excluding hydrogens is 344 g/mol. The van der Waals surface area contributed by atoms with Gasteiger partial charge in [-0.25, -0.2) is 0 Å². The number of aliphatic hydroxyl groups is 1. The van der Waals surface area contributed by atoms with E-state index in [9.17, 15) is 9.59 Å². The number of carbonyl (C=O) groups excluding carboxylic acids is 2. The number of aromatic nitrogens is 1. The fourth-order valence-corrected chi connectivity index (χ4v) is 3.46. The lowest BCUT2D eigenvalue weighted by molar-refractivity contribution is -0.130. The first-order chi connectivity index (χ1) is 13.0. The summed E-state index contributed by atoms with van der Waals surface area (Å²) in [7, 11) is 3.77. The first-order valence-corrected chi connectivity index (χ1v) is 9.21. The van der Waals surface area contributed by atoms with E-state index in [4.69, 9.17) is 10.1 Å². The number of hydrogen-bond acceptors (Lipinski definition) is 5. The number of nitrogens with zero attached hydrogens (tertiary/aromatic N) is 3. The summed E-state index contributed by atoms with van der Waals surface area (Å²) in [4.78, 5) is 33.4. The Kier molecular flexibility index (Phi) is 6.03. The number of rotatable bonds is 6. The van der Waals surface area contributed by atoms with Gasteiger partial charge in [-0.05, 0) is 32.6 Å². The van der Waals surface area contributed by atoms with E-state index in [2.05, 4.69) is 5.32 Å². The average Bonchev–Trinajstić information content (AvgIpc) is 3.15. The molecule has 144 valence electrons. The molecule has 0 bridgehead atoms. The molecule has 0 radical (unpaired) electrons. The summed E-state index contributed by atoms with van der Waals surface area (Å²) < 4.78 is 0. The Hall–Kier alpha value is -2.51. The van der Waals surface area contributed by atoms with Gasteiger partial charge in [-0.3, -0.25) is 14.6 Å². The Balaban J connectivity index is 1.87. The zero-order valence-corrected chi connectivity index (χ0v) is 15.8. The van der Waals surface area contributed by atoms with Crippen LogP contribution in [0.25, 0.3) is 10.9 Å². The van der Waals surface area contributed by atoms with Crippen molar-refractivity contribution in [2.24, 2.45) is 0 Å². The van der Waals surface area contributed by atoms with Gasteiger partial charge in [0, 0.05) is 36.6 Å². The number of amides is 2. The summed E-state index contributed by atoms with van der Waals surface area (Å²) in [5, 5.41) is 12.5. The average molecular weight is 370 g/mol. The van der Waals surface area contributed by atoms with E-state index in [0.717, 1.165) is 23.0 Å². The second-order valence-corrected chi connectivity index (χ2v) is 7.15. The number of benzene rings is 1. The maximum atomic E-state index is 12.6. The second kappa shape index (κ2) is 8.45. The molecule has 2 N–H and O–H groups in total. The molecule has 1 fully saturated rings. The molecule has 1 aliphatic heterocycles. The highest BCUT2D eigenvalue weighted by Gasteiger charge is 2.29. The number of carbonyl (C=O) groups is 2. The fraction of sp³-hybridized carbons (Fsp3) is 0.450. The van der Waals surface area contributed by atoms with Crippen molar-refractivity contribution in [3.8, 4) is 0 Å². The molecule has 1 saturated heterocycles. The number of hydrogen-bond donors (Lipinski definition) is 2. The first kappa shape index (κ1) is 19.3. The van der Waals surface area contributed by atoms with E-state index in [1.54, 1.807) is 0 Å². The molecule has 0 aliphatic carbocycles. The molecule has 7 nitrogen and oxygen atoms in total. The maximum absolute atomic E-state index is 12.6. The monoisotopic (exact) mass is 370 g/mol. The molecule has 2 heterocycles. The summed E-state index contributed by atoms with van der Waals surface area (Å²) in [6.07, 6.45) is 0.836. The van der Waals surface area contributed by atoms with Crippen molar-refractivity contribution in [3.05, 3.63) is 41.6 Å². The van der Waals surface area contributed by atoms with Gasteiger partial charge in [-0.1, -0.05) is 18.2 Å². The Morgan fingerprint density at radius 2 is 2.11 bits per heavy atom. The lowest BCUT2D eigenvalue weighted by Crippen LogP contribution is -2.36. The number of aliphatic hydroxyl groups excluding tert-OH is 1. The Bertz CT molecular complexity index is 837. The van der Waals surface area contributed by atoms with E-state index in [1.165, 1.54) is 0 Å². The molecule has 0 spiro atoms. The van der Waals surface area contributed by atoms with Gasteiger partial charge in [0.25, 0.3) is 5.91 Å². The van der Waals surface area contributed by atoms with Crippen LogP contribution in [-0.4, -0.2) is 78.6 Å². The SMILES string of the molecule is CN(C)CC(=O)N1CC[C@@H](c2cc(C(=O)NCCO)c3ccccc3n2)C1. The molecule has 1 aromatic heterocycles. The minimum atomic E-state index is -0.220. The fourth-order valence-electron chi connectivity index (χ4n) is 3.46.